The van der Waals surface area contributed by atoms with Crippen LogP contribution in [0, 0.1) is 5.92 Å². The van der Waals surface area contributed by atoms with Gasteiger partial charge in [0.2, 0.25) is 0 Å². The second-order valence-electron chi connectivity index (χ2n) is 8.56. The summed E-state index contributed by atoms with van der Waals surface area (Å²) in [5.41, 5.74) is 1.33. The summed E-state index contributed by atoms with van der Waals surface area (Å²) in [6.45, 7) is 1.59. The molecule has 1 N–H and O–H groups in total. The average Bonchev–Trinajstić information content (AvgIpc) is 3.33. The number of likely N-dealkylation sites (tertiary alicyclic amines) is 1. The topological polar surface area (TPSA) is 71.4 Å². The van der Waals surface area contributed by atoms with Gasteiger partial charge < -0.3 is 14.8 Å². The van der Waals surface area contributed by atoms with Crippen LogP contribution in [0.1, 0.15) is 33.3 Å². The van der Waals surface area contributed by atoms with Gasteiger partial charge in [0.15, 0.2) is 0 Å². The van der Waals surface area contributed by atoms with Gasteiger partial charge in [-0.05, 0) is 54.1 Å². The highest BCUT2D eigenvalue weighted by molar-refractivity contribution is 7.10. The number of fused-ring (bicyclic) bond motifs is 4. The number of pyridine rings is 1. The molecule has 2 atom stereocenters. The fourth-order valence-electron chi connectivity index (χ4n) is 4.76. The molecule has 3 aromatic rings. The molecule has 0 saturated carbocycles. The Hall–Kier alpha value is -2.87. The van der Waals surface area contributed by atoms with Gasteiger partial charge in [-0.15, -0.1) is 11.3 Å². The molecule has 9 heteroatoms. The van der Waals surface area contributed by atoms with E-state index < -0.39 is 5.91 Å². The smallest absolute Gasteiger partial charge is 0.270 e. The lowest BCUT2D eigenvalue weighted by molar-refractivity contribution is -0.130. The molecule has 4 heterocycles. The number of nitrogens with zero attached hydrogens (tertiary/aromatic N) is 2. The number of carbonyl (C=O) groups excluding carboxylic acids is 2. The molecular formula is C25H21Cl2N3O3S. The third kappa shape index (κ3) is 4.56. The Morgan fingerprint density at radius 2 is 1.91 bits per heavy atom. The Morgan fingerprint density at radius 3 is 2.71 bits per heavy atom. The molecular weight excluding hydrogens is 493 g/mol. The van der Waals surface area contributed by atoms with Crippen molar-refractivity contribution in [3.8, 4) is 0 Å². The summed E-state index contributed by atoms with van der Waals surface area (Å²) in [7, 11) is 0. The highest BCUT2D eigenvalue weighted by Crippen LogP contribution is 2.35. The molecule has 0 radical (unpaired) electrons. The molecule has 2 bridgehead atoms. The fraction of sp³-hybridized carbons (Fsp3) is 0.240. The highest BCUT2D eigenvalue weighted by atomic mass is 35.5. The third-order valence-corrected chi connectivity index (χ3v) is 7.63. The van der Waals surface area contributed by atoms with Gasteiger partial charge >= 0.3 is 0 Å². The van der Waals surface area contributed by atoms with E-state index >= 15 is 0 Å². The van der Waals surface area contributed by atoms with Crippen molar-refractivity contribution in [2.75, 3.05) is 13.1 Å². The summed E-state index contributed by atoms with van der Waals surface area (Å²) >= 11 is 13.7. The maximum atomic E-state index is 13.7. The molecule has 2 unspecified atom stereocenters. The molecule has 34 heavy (non-hydrogen) atoms. The van der Waals surface area contributed by atoms with Crippen LogP contribution in [-0.4, -0.2) is 34.4 Å². The SMILES string of the molecule is O=C(N/C(=C/c1cccs1)C(=O)N1CC2CC(C1)c1cccc(=O)n1C2)c1cc(Cl)ccc1Cl. The molecule has 0 spiro atoms. The minimum Gasteiger partial charge on any atom is -0.336 e. The van der Waals surface area contributed by atoms with E-state index in [9.17, 15) is 14.4 Å². The van der Waals surface area contributed by atoms with Crippen molar-refractivity contribution >= 4 is 52.4 Å². The number of benzene rings is 1. The predicted molar refractivity (Wildman–Crippen MR) is 134 cm³/mol. The molecule has 1 fully saturated rings. The Bertz CT molecular complexity index is 1350. The molecule has 0 aliphatic carbocycles. The first-order chi connectivity index (χ1) is 16.4. The zero-order chi connectivity index (χ0) is 23.8. The van der Waals surface area contributed by atoms with Crippen LogP contribution in [0.5, 0.6) is 0 Å². The van der Waals surface area contributed by atoms with E-state index in [4.69, 9.17) is 23.2 Å². The monoisotopic (exact) mass is 513 g/mol. The number of amides is 2. The van der Waals surface area contributed by atoms with Crippen molar-refractivity contribution in [3.63, 3.8) is 0 Å². The number of carbonyl (C=O) groups is 2. The standard InChI is InChI=1S/C25H21Cl2N3O3S/c26-17-6-7-20(27)19(10-17)24(32)28-21(11-18-3-2-8-34-18)25(33)29-12-15-9-16(14-29)22-4-1-5-23(31)30(22)13-15/h1-8,10-11,15-16H,9,12-14H2,(H,28,32)/b21-11+. The Kier molecular flexibility index (Phi) is 6.34. The first-order valence-electron chi connectivity index (χ1n) is 10.9. The number of aromatic nitrogens is 1. The summed E-state index contributed by atoms with van der Waals surface area (Å²) in [6.07, 6.45) is 2.62. The normalized spacial score (nSPS) is 19.5. The van der Waals surface area contributed by atoms with Crippen molar-refractivity contribution in [2.45, 2.75) is 18.9 Å². The first kappa shape index (κ1) is 22.9. The number of halogens is 2. The highest BCUT2D eigenvalue weighted by Gasteiger charge is 2.37. The van der Waals surface area contributed by atoms with Crippen LogP contribution in [0.4, 0.5) is 0 Å². The maximum absolute atomic E-state index is 13.7. The molecule has 2 aliphatic rings. The van der Waals surface area contributed by atoms with E-state index in [1.54, 1.807) is 35.2 Å². The van der Waals surface area contributed by atoms with Crippen LogP contribution in [0.3, 0.4) is 0 Å². The second-order valence-corrected chi connectivity index (χ2v) is 10.4. The Balaban J connectivity index is 1.43. The van der Waals surface area contributed by atoms with Crippen LogP contribution in [0.25, 0.3) is 6.08 Å². The fourth-order valence-corrected chi connectivity index (χ4v) is 5.79. The summed E-state index contributed by atoms with van der Waals surface area (Å²) in [4.78, 5) is 41.6. The second kappa shape index (κ2) is 9.41. The van der Waals surface area contributed by atoms with Gasteiger partial charge in [0.25, 0.3) is 17.4 Å². The van der Waals surface area contributed by atoms with E-state index in [2.05, 4.69) is 5.32 Å². The molecule has 174 valence electrons. The lowest BCUT2D eigenvalue weighted by Crippen LogP contribution is -2.50. The van der Waals surface area contributed by atoms with Gasteiger partial charge in [0.05, 0.1) is 10.6 Å². The van der Waals surface area contributed by atoms with Gasteiger partial charge in [-0.2, -0.15) is 0 Å². The van der Waals surface area contributed by atoms with Crippen molar-refractivity contribution < 1.29 is 9.59 Å². The number of thiophene rings is 1. The van der Waals surface area contributed by atoms with Gasteiger partial charge in [0, 0.05) is 47.2 Å². The minimum absolute atomic E-state index is 0.00378. The molecule has 1 saturated heterocycles. The van der Waals surface area contributed by atoms with Crippen LogP contribution in [0.15, 0.2) is 64.4 Å². The van der Waals surface area contributed by atoms with Gasteiger partial charge in [0.1, 0.15) is 5.70 Å². The molecule has 6 nitrogen and oxygen atoms in total. The Labute approximate surface area is 210 Å². The number of hydrogen-bond acceptors (Lipinski definition) is 4. The van der Waals surface area contributed by atoms with E-state index in [1.165, 1.54) is 17.4 Å². The number of hydrogen-bond donors (Lipinski definition) is 1. The summed E-state index contributed by atoms with van der Waals surface area (Å²) in [6, 6.07) is 13.7. The molecule has 2 aromatic heterocycles. The van der Waals surface area contributed by atoms with Crippen LogP contribution in [0.2, 0.25) is 10.0 Å². The lowest BCUT2D eigenvalue weighted by atomic mass is 9.83. The van der Waals surface area contributed by atoms with Gasteiger partial charge in [-0.1, -0.05) is 35.3 Å². The van der Waals surface area contributed by atoms with Gasteiger partial charge in [-0.3, -0.25) is 14.4 Å². The van der Waals surface area contributed by atoms with Crippen LogP contribution < -0.4 is 10.9 Å². The van der Waals surface area contributed by atoms with E-state index in [-0.39, 0.29) is 39.6 Å². The predicted octanol–water partition coefficient (Wildman–Crippen LogP) is 4.63. The molecule has 1 aromatic carbocycles. The Morgan fingerprint density at radius 1 is 1.06 bits per heavy atom. The largest absolute Gasteiger partial charge is 0.336 e. The van der Waals surface area contributed by atoms with E-state index in [0.717, 1.165) is 17.0 Å². The zero-order valence-corrected chi connectivity index (χ0v) is 20.4. The minimum atomic E-state index is -0.502. The zero-order valence-electron chi connectivity index (χ0n) is 18.0. The number of nitrogens with one attached hydrogen (secondary N) is 1. The molecule has 5 rings (SSSR count). The van der Waals surface area contributed by atoms with Crippen molar-refractivity contribution in [3.05, 3.63) is 96.1 Å². The van der Waals surface area contributed by atoms with E-state index in [0.29, 0.717) is 24.7 Å². The summed E-state index contributed by atoms with van der Waals surface area (Å²) in [5.74, 6) is -0.512. The van der Waals surface area contributed by atoms with Crippen LogP contribution >= 0.6 is 34.5 Å². The molecule has 2 aliphatic heterocycles. The summed E-state index contributed by atoms with van der Waals surface area (Å²) in [5, 5.41) is 5.30. The van der Waals surface area contributed by atoms with Crippen molar-refractivity contribution in [1.29, 1.82) is 0 Å². The third-order valence-electron chi connectivity index (χ3n) is 6.25. The molecule has 2 amide bonds. The lowest BCUT2D eigenvalue weighted by Gasteiger charge is -2.43. The maximum Gasteiger partial charge on any atom is 0.270 e. The number of piperidine rings is 1. The summed E-state index contributed by atoms with van der Waals surface area (Å²) < 4.78 is 1.83. The quantitative estimate of drug-likeness (QED) is 0.516. The van der Waals surface area contributed by atoms with Gasteiger partial charge in [-0.25, -0.2) is 0 Å². The average molecular weight is 514 g/mol. The first-order valence-corrected chi connectivity index (χ1v) is 12.5. The number of rotatable bonds is 4. The van der Waals surface area contributed by atoms with Crippen molar-refractivity contribution in [2.24, 2.45) is 5.92 Å². The van der Waals surface area contributed by atoms with E-state index in [1.807, 2.05) is 28.1 Å². The van der Waals surface area contributed by atoms with Crippen LogP contribution in [-0.2, 0) is 11.3 Å². The van der Waals surface area contributed by atoms with Crippen molar-refractivity contribution in [1.82, 2.24) is 14.8 Å².